The second kappa shape index (κ2) is 10.2. The van der Waals surface area contributed by atoms with Gasteiger partial charge in [0.1, 0.15) is 5.75 Å². The van der Waals surface area contributed by atoms with Crippen molar-refractivity contribution in [3.8, 4) is 16.9 Å². The molecule has 5 N–H and O–H groups in total. The third kappa shape index (κ3) is 5.37. The van der Waals surface area contributed by atoms with Gasteiger partial charge >= 0.3 is 12.1 Å². The monoisotopic (exact) mass is 526 g/mol. The lowest BCUT2D eigenvalue weighted by molar-refractivity contribution is -0.192. The number of halogens is 5. The predicted molar refractivity (Wildman–Crippen MR) is 126 cm³/mol. The largest absolute Gasteiger partial charge is 0.490 e. The van der Waals surface area contributed by atoms with Crippen LogP contribution in [-0.2, 0) is 16.8 Å². The molecular formula is C24H19Cl2F3N2O4. The van der Waals surface area contributed by atoms with Crippen molar-refractivity contribution in [3.05, 3.63) is 87.4 Å². The number of amides is 1. The Bertz CT molecular complexity index is 1270. The Kier molecular flexibility index (Phi) is 7.64. The van der Waals surface area contributed by atoms with Gasteiger partial charge in [0, 0.05) is 45.3 Å². The first-order valence-electron chi connectivity index (χ1n) is 10.1. The van der Waals surface area contributed by atoms with Gasteiger partial charge in [0.15, 0.2) is 5.60 Å². The quantitative estimate of drug-likeness (QED) is 0.433. The summed E-state index contributed by atoms with van der Waals surface area (Å²) >= 11 is 13.0. The maximum atomic E-state index is 12.0. The first-order chi connectivity index (χ1) is 16.4. The highest BCUT2D eigenvalue weighted by Gasteiger charge is 2.42. The SMILES string of the molecule is NC[C@@]1(c2ccccc2)Cc2c(ccc(Cl)c2-c2c(Cl)cccc2C(N)=O)O1.O=C(O)C(F)(F)F. The van der Waals surface area contributed by atoms with Crippen LogP contribution in [0.5, 0.6) is 5.75 Å². The van der Waals surface area contributed by atoms with Crippen LogP contribution in [0.2, 0.25) is 10.0 Å². The van der Waals surface area contributed by atoms with Crippen LogP contribution in [0, 0.1) is 0 Å². The van der Waals surface area contributed by atoms with E-state index < -0.39 is 23.7 Å². The fourth-order valence-corrected chi connectivity index (χ4v) is 4.33. The summed E-state index contributed by atoms with van der Waals surface area (Å²) in [6.45, 7) is 0.286. The topological polar surface area (TPSA) is 116 Å². The second-order valence-corrected chi connectivity index (χ2v) is 8.39. The molecule has 3 aromatic rings. The third-order valence-electron chi connectivity index (χ3n) is 5.39. The number of hydrogen-bond donors (Lipinski definition) is 3. The van der Waals surface area contributed by atoms with Gasteiger partial charge in [-0.25, -0.2) is 4.79 Å². The lowest BCUT2D eigenvalue weighted by Crippen LogP contribution is -2.39. The smallest absolute Gasteiger partial charge is 0.481 e. The fourth-order valence-electron chi connectivity index (χ4n) is 3.79. The molecule has 1 atom stereocenters. The Morgan fingerprint density at radius 3 is 2.11 bits per heavy atom. The van der Waals surface area contributed by atoms with Crippen molar-refractivity contribution in [2.24, 2.45) is 11.5 Å². The Morgan fingerprint density at radius 2 is 1.57 bits per heavy atom. The summed E-state index contributed by atoms with van der Waals surface area (Å²) in [7, 11) is 0. The lowest BCUT2D eigenvalue weighted by atomic mass is 9.85. The molecule has 0 aromatic heterocycles. The number of carboxylic acid groups (broad SMARTS) is 1. The molecule has 0 bridgehead atoms. The number of carboxylic acids is 1. The van der Waals surface area contributed by atoms with Gasteiger partial charge in [-0.1, -0.05) is 59.6 Å². The van der Waals surface area contributed by atoms with Gasteiger partial charge in [0.05, 0.1) is 0 Å². The van der Waals surface area contributed by atoms with E-state index in [1.165, 1.54) is 0 Å². The van der Waals surface area contributed by atoms with E-state index in [1.807, 2.05) is 36.4 Å². The van der Waals surface area contributed by atoms with E-state index in [-0.39, 0.29) is 6.54 Å². The van der Waals surface area contributed by atoms with Crippen LogP contribution >= 0.6 is 23.2 Å². The summed E-state index contributed by atoms with van der Waals surface area (Å²) in [6, 6.07) is 18.4. The zero-order chi connectivity index (χ0) is 26.0. The number of benzene rings is 3. The zero-order valence-electron chi connectivity index (χ0n) is 17.9. The highest BCUT2D eigenvalue weighted by molar-refractivity contribution is 6.37. The molecule has 35 heavy (non-hydrogen) atoms. The van der Waals surface area contributed by atoms with E-state index in [9.17, 15) is 18.0 Å². The number of carbonyl (C=O) groups excluding carboxylic acids is 1. The number of aliphatic carboxylic acids is 1. The molecule has 4 rings (SSSR count). The van der Waals surface area contributed by atoms with Crippen molar-refractivity contribution >= 4 is 35.1 Å². The number of ether oxygens (including phenoxy) is 1. The number of nitrogens with two attached hydrogens (primary N) is 2. The van der Waals surface area contributed by atoms with Gasteiger partial charge in [0.2, 0.25) is 5.91 Å². The van der Waals surface area contributed by atoms with Crippen molar-refractivity contribution in [1.82, 2.24) is 0 Å². The predicted octanol–water partition coefficient (Wildman–Crippen LogP) is 5.18. The molecule has 0 radical (unpaired) electrons. The molecular weight excluding hydrogens is 508 g/mol. The summed E-state index contributed by atoms with van der Waals surface area (Å²) < 4.78 is 38.1. The average molecular weight is 527 g/mol. The maximum Gasteiger partial charge on any atom is 0.490 e. The number of primary amides is 1. The summed E-state index contributed by atoms with van der Waals surface area (Å²) in [5.74, 6) is -2.66. The van der Waals surface area contributed by atoms with Gasteiger partial charge in [-0.15, -0.1) is 0 Å². The summed E-state index contributed by atoms with van der Waals surface area (Å²) in [5.41, 5.74) is 14.4. The van der Waals surface area contributed by atoms with Crippen LogP contribution in [0.25, 0.3) is 11.1 Å². The summed E-state index contributed by atoms with van der Waals surface area (Å²) in [4.78, 5) is 20.9. The number of rotatable bonds is 4. The normalized spacial score (nSPS) is 16.5. The molecule has 11 heteroatoms. The van der Waals surface area contributed by atoms with Crippen LogP contribution in [-0.4, -0.2) is 29.7 Å². The van der Waals surface area contributed by atoms with Crippen molar-refractivity contribution < 1.29 is 32.6 Å². The Labute approximate surface area is 208 Å². The third-order valence-corrected chi connectivity index (χ3v) is 6.02. The van der Waals surface area contributed by atoms with Gasteiger partial charge in [-0.05, 0) is 29.8 Å². The summed E-state index contributed by atoms with van der Waals surface area (Å²) in [6.07, 6.45) is -4.58. The van der Waals surface area contributed by atoms with E-state index in [0.29, 0.717) is 38.9 Å². The first-order valence-corrected chi connectivity index (χ1v) is 10.8. The van der Waals surface area contributed by atoms with Crippen LogP contribution in [0.15, 0.2) is 60.7 Å². The minimum atomic E-state index is -5.08. The second-order valence-electron chi connectivity index (χ2n) is 7.57. The van der Waals surface area contributed by atoms with Crippen LogP contribution < -0.4 is 16.2 Å². The Morgan fingerprint density at radius 1 is 0.971 bits per heavy atom. The van der Waals surface area contributed by atoms with Crippen molar-refractivity contribution in [2.75, 3.05) is 6.54 Å². The number of hydrogen-bond acceptors (Lipinski definition) is 4. The molecule has 0 aliphatic carbocycles. The molecule has 0 spiro atoms. The maximum absolute atomic E-state index is 12.0. The highest BCUT2D eigenvalue weighted by Crippen LogP contribution is 2.49. The first kappa shape index (κ1) is 26.3. The van der Waals surface area contributed by atoms with Crippen LogP contribution in [0.1, 0.15) is 21.5 Å². The van der Waals surface area contributed by atoms with E-state index >= 15 is 0 Å². The van der Waals surface area contributed by atoms with Crippen molar-refractivity contribution in [1.29, 1.82) is 0 Å². The fraction of sp³-hybridized carbons (Fsp3) is 0.167. The van der Waals surface area contributed by atoms with E-state index in [4.69, 9.17) is 49.3 Å². The molecule has 0 saturated carbocycles. The lowest BCUT2D eigenvalue weighted by Gasteiger charge is -2.27. The van der Waals surface area contributed by atoms with E-state index in [2.05, 4.69) is 0 Å². The zero-order valence-corrected chi connectivity index (χ0v) is 19.4. The molecule has 0 saturated heterocycles. The van der Waals surface area contributed by atoms with E-state index in [0.717, 1.165) is 11.1 Å². The number of alkyl halides is 3. The highest BCUT2D eigenvalue weighted by atomic mass is 35.5. The van der Waals surface area contributed by atoms with Crippen LogP contribution in [0.3, 0.4) is 0 Å². The molecule has 1 heterocycles. The Balaban J connectivity index is 0.000000429. The van der Waals surface area contributed by atoms with Gasteiger partial charge in [0.25, 0.3) is 0 Å². The van der Waals surface area contributed by atoms with E-state index in [1.54, 1.807) is 24.3 Å². The van der Waals surface area contributed by atoms with Gasteiger partial charge < -0.3 is 21.3 Å². The summed E-state index contributed by atoms with van der Waals surface area (Å²) in [5, 5.41) is 8.00. The van der Waals surface area contributed by atoms with Crippen LogP contribution in [0.4, 0.5) is 13.2 Å². The molecule has 6 nitrogen and oxygen atoms in total. The molecule has 1 aliphatic rings. The number of fused-ring (bicyclic) bond motifs is 1. The number of carbonyl (C=O) groups is 2. The van der Waals surface area contributed by atoms with Crippen molar-refractivity contribution in [2.45, 2.75) is 18.2 Å². The molecule has 184 valence electrons. The molecule has 1 amide bonds. The van der Waals surface area contributed by atoms with Gasteiger partial charge in [-0.3, -0.25) is 4.79 Å². The average Bonchev–Trinajstić information content (AvgIpc) is 3.20. The molecule has 1 aliphatic heterocycles. The van der Waals surface area contributed by atoms with Crippen molar-refractivity contribution in [3.63, 3.8) is 0 Å². The minimum absolute atomic E-state index is 0.286. The minimum Gasteiger partial charge on any atom is -0.481 e. The Hall–Kier alpha value is -3.27. The standard InChI is InChI=1S/C22H18Cl2N2O2.C2HF3O2/c23-16-8-4-7-14(21(26)27)19(16)20-15-11-22(12-25,13-5-2-1-3-6-13)28-18(15)10-9-17(20)24;3-2(4,5)1(6)7/h1-10H,11-12,25H2,(H2,26,27);(H,6,7)/t22-;/m1./s1. The van der Waals surface area contributed by atoms with Gasteiger partial charge in [-0.2, -0.15) is 13.2 Å². The molecule has 0 fully saturated rings. The molecule has 0 unspecified atom stereocenters. The molecule has 3 aromatic carbocycles.